The summed E-state index contributed by atoms with van der Waals surface area (Å²) >= 11 is 28.5. The predicted molar refractivity (Wildman–Crippen MR) is 407 cm³/mol. The van der Waals surface area contributed by atoms with Crippen molar-refractivity contribution in [2.24, 2.45) is 0 Å². The average Bonchev–Trinajstić information content (AvgIpc) is 1.76. The molecule has 0 aliphatic carbocycles. The van der Waals surface area contributed by atoms with Gasteiger partial charge in [-0.05, 0) is 192 Å². The van der Waals surface area contributed by atoms with Crippen LogP contribution >= 0.6 is 115 Å². The molecule has 11 rings (SSSR count). The molecule has 3 aliphatic heterocycles. The fraction of sp³-hybridized carbons (Fsp3) is 0.181. The molecule has 0 unspecified atom stereocenters. The van der Waals surface area contributed by atoms with Crippen molar-refractivity contribution >= 4 is 182 Å². The Balaban J connectivity index is 0.000000166. The molecule has 0 spiro atoms. The molecule has 16 nitrogen and oxygen atoms in total. The van der Waals surface area contributed by atoms with E-state index in [1.54, 1.807) is 71.7 Å². The van der Waals surface area contributed by atoms with Gasteiger partial charge in [-0.3, -0.25) is 33.8 Å². The Morgan fingerprint density at radius 1 is 0.577 bits per heavy atom. The Labute approximate surface area is 610 Å². The number of ketones is 1. The first-order valence-electron chi connectivity index (χ1n) is 30.0. The highest BCUT2D eigenvalue weighted by atomic mass is 79.9. The van der Waals surface area contributed by atoms with E-state index in [2.05, 4.69) is 43.4 Å². The molecular weight excluding hydrogens is 1500 g/mol. The molecule has 2 amide bonds. The molecule has 7 aromatic carbocycles. The fourth-order valence-corrected chi connectivity index (χ4v) is 14.1. The van der Waals surface area contributed by atoms with Gasteiger partial charge >= 0.3 is 0 Å². The zero-order chi connectivity index (χ0) is 69.5. The monoisotopic (exact) mass is 1560 g/mol. The summed E-state index contributed by atoms with van der Waals surface area (Å²) in [7, 11) is 0. The number of ether oxygens (including phenoxy) is 6. The number of thiazole rings is 1. The Morgan fingerprint density at radius 3 is 1.72 bits per heavy atom. The Morgan fingerprint density at radius 2 is 1.13 bits per heavy atom. The van der Waals surface area contributed by atoms with Crippen molar-refractivity contribution in [2.75, 3.05) is 44.5 Å². The number of thioether (sulfide) groups is 3. The normalized spacial score (nSPS) is 14.9. The molecule has 4 heterocycles. The summed E-state index contributed by atoms with van der Waals surface area (Å²) in [5, 5.41) is 20.1. The van der Waals surface area contributed by atoms with E-state index < -0.39 is 0 Å². The van der Waals surface area contributed by atoms with Crippen molar-refractivity contribution in [1.29, 1.82) is 0 Å². The van der Waals surface area contributed by atoms with Gasteiger partial charge in [0.2, 0.25) is 5.12 Å². The van der Waals surface area contributed by atoms with Crippen LogP contribution in [0.2, 0.25) is 5.02 Å². The van der Waals surface area contributed by atoms with Crippen molar-refractivity contribution in [2.45, 2.75) is 47.1 Å². The van der Waals surface area contributed by atoms with Crippen LogP contribution in [0, 0.1) is 0 Å². The smallest absolute Gasteiger partial charge is 0.270 e. The van der Waals surface area contributed by atoms with E-state index in [0.29, 0.717) is 113 Å². The molecule has 502 valence electrons. The lowest BCUT2D eigenvalue weighted by Gasteiger charge is -2.14. The van der Waals surface area contributed by atoms with Gasteiger partial charge in [0.1, 0.15) is 15.8 Å². The van der Waals surface area contributed by atoms with Gasteiger partial charge < -0.3 is 43.6 Å². The van der Waals surface area contributed by atoms with E-state index in [1.807, 2.05) is 137 Å². The molecular formula is C72H64Br2ClN3O13S6. The summed E-state index contributed by atoms with van der Waals surface area (Å²) in [6.07, 6.45) is 7.78. The zero-order valence-electron chi connectivity index (χ0n) is 52.7. The lowest BCUT2D eigenvalue weighted by Crippen LogP contribution is -2.27. The number of benzene rings is 7. The number of aromatic nitrogens is 1. The van der Waals surface area contributed by atoms with Crippen LogP contribution in [0.5, 0.6) is 46.0 Å². The van der Waals surface area contributed by atoms with Gasteiger partial charge in [-0.25, -0.2) is 0 Å². The number of carbonyl (C=O) groups is 4. The largest absolute Gasteiger partial charge is 0.504 e. The fourth-order valence-electron chi connectivity index (χ4n) is 8.97. The number of Topliss-reactive ketones (excluding diaryl/α,β-unsaturated/α-hetero) is 1. The minimum absolute atomic E-state index is 0.00599. The Hall–Kier alpha value is -7.91. The highest BCUT2D eigenvalue weighted by Crippen LogP contribution is 2.40. The first-order chi connectivity index (χ1) is 46.7. The van der Waals surface area contributed by atoms with Gasteiger partial charge in [0.25, 0.3) is 17.4 Å². The topological polar surface area (TPSA) is 203 Å². The molecule has 97 heavy (non-hydrogen) atoms. The van der Waals surface area contributed by atoms with Crippen molar-refractivity contribution in [1.82, 2.24) is 9.88 Å². The van der Waals surface area contributed by atoms with E-state index in [4.69, 9.17) is 64.5 Å². The molecule has 8 aromatic rings. The third kappa shape index (κ3) is 21.8. The third-order valence-electron chi connectivity index (χ3n) is 13.4. The van der Waals surface area contributed by atoms with Crippen molar-refractivity contribution < 1.29 is 57.8 Å². The number of anilines is 1. The first-order valence-corrected chi connectivity index (χ1v) is 36.1. The van der Waals surface area contributed by atoms with Crippen molar-refractivity contribution in [3.63, 3.8) is 0 Å². The van der Waals surface area contributed by atoms with Crippen LogP contribution in [0.4, 0.5) is 5.69 Å². The minimum atomic E-state index is -0.164. The quantitative estimate of drug-likeness (QED) is 0.0265. The van der Waals surface area contributed by atoms with Crippen LogP contribution in [0.15, 0.2) is 180 Å². The molecule has 25 heteroatoms. The summed E-state index contributed by atoms with van der Waals surface area (Å²) in [5.41, 5.74) is 4.90. The van der Waals surface area contributed by atoms with Crippen LogP contribution < -0.4 is 48.1 Å². The number of hydrogen-bond donors (Lipinski definition) is 3. The summed E-state index contributed by atoms with van der Waals surface area (Å²) in [5.74, 6) is 3.30. The highest BCUT2D eigenvalue weighted by Gasteiger charge is 2.34. The van der Waals surface area contributed by atoms with E-state index in [-0.39, 0.29) is 46.2 Å². The number of rotatable bonds is 21. The number of aromatic hydroxyl groups is 2. The Bertz CT molecular complexity index is 4450. The second-order valence-electron chi connectivity index (χ2n) is 20.4. The second kappa shape index (κ2) is 37.2. The van der Waals surface area contributed by atoms with Crippen molar-refractivity contribution in [3.8, 4) is 46.0 Å². The highest BCUT2D eigenvalue weighted by molar-refractivity contribution is 9.10. The third-order valence-corrected chi connectivity index (χ3v) is 19.3. The number of amides is 2. The number of H-pyrrole nitrogens is 1. The van der Waals surface area contributed by atoms with Gasteiger partial charge in [-0.1, -0.05) is 149 Å². The molecule has 0 radical (unpaired) electrons. The summed E-state index contributed by atoms with van der Waals surface area (Å²) in [4.78, 5) is 67.4. The Kier molecular flexibility index (Phi) is 28.7. The van der Waals surface area contributed by atoms with Gasteiger partial charge in [-0.15, -0.1) is 11.3 Å². The van der Waals surface area contributed by atoms with Crippen LogP contribution in [-0.4, -0.2) is 91.1 Å². The molecule has 1 aromatic heterocycles. The van der Waals surface area contributed by atoms with E-state index >= 15 is 0 Å². The number of para-hydroxylation sites is 1. The maximum Gasteiger partial charge on any atom is 0.270 e. The van der Waals surface area contributed by atoms with Gasteiger partial charge in [0.05, 0.1) is 91.7 Å². The number of carbonyl (C=O) groups excluding carboxylic acids is 4. The minimum Gasteiger partial charge on any atom is -0.504 e. The van der Waals surface area contributed by atoms with Crippen LogP contribution in [-0.2, 0) is 25.7 Å². The maximum atomic E-state index is 12.7. The number of halogens is 3. The van der Waals surface area contributed by atoms with Gasteiger partial charge in [-0.2, -0.15) is 0 Å². The molecule has 3 saturated heterocycles. The summed E-state index contributed by atoms with van der Waals surface area (Å²) in [6.45, 7) is 14.8. The van der Waals surface area contributed by atoms with Gasteiger partial charge in [0.15, 0.2) is 44.6 Å². The molecule has 0 bridgehead atoms. The molecule has 0 atom stereocenters. The van der Waals surface area contributed by atoms with E-state index in [1.165, 1.54) is 39.8 Å². The average molecular weight is 1570 g/mol. The van der Waals surface area contributed by atoms with Crippen LogP contribution in [0.1, 0.15) is 68.4 Å². The maximum absolute atomic E-state index is 12.7. The molecule has 3 aliphatic rings. The van der Waals surface area contributed by atoms with Gasteiger partial charge in [0, 0.05) is 10.9 Å². The summed E-state index contributed by atoms with van der Waals surface area (Å²) < 4.78 is 37.3. The van der Waals surface area contributed by atoms with Crippen LogP contribution in [0.3, 0.4) is 0 Å². The number of phenols is 2. The predicted octanol–water partition coefficient (Wildman–Crippen LogP) is 16.1. The second-order valence-corrected chi connectivity index (χ2v) is 28.1. The number of thiocarbonyl (C=S) groups is 2. The van der Waals surface area contributed by atoms with E-state index in [9.17, 15) is 34.2 Å². The van der Waals surface area contributed by atoms with Crippen molar-refractivity contribution in [3.05, 3.63) is 228 Å². The number of nitrogens with zero attached hydrogens (tertiary/aromatic N) is 2. The molecule has 0 saturated carbocycles. The standard InChI is InChI=1S/C20H17ClO4S.C19H17NO3S2.C18H14BrNO3S2.C15H16BrNO3S/c21-16-4-1-2-5-18(16)25-11-3-10-24-15-8-6-14(7-9-15)12-19-17(22)13-20(23)26-19;1-2-23-16-10-14(8-9-15(16)21)11-17-18(22)20(19(24)25-17)12-13-6-4-3-5-7-13;1-2-23-15-9-11(3-8-14(15)21)10-16-17(22)20(18(24)25-16)13-6-4-12(19)5-7-13;1-4-19-12-7-10(6-11(16)14(12)20-5-2)8-13-15(18)17-9(3)21-13/h1-2,4-9,12H,3,10-11,13H2;3-11,21H,2,12H2,1H3;3-10,21H,2H2,1H3;6-8H,3-5H2,1-2H3,(H,17,18). The number of hydrogen-bond acceptors (Lipinski definition) is 19. The number of phenolic OH excluding ortho intramolecular Hbond substituents is 2. The number of aromatic amines is 1. The SMILES string of the molecule is C=c1[nH]c(=O)c(=Cc2cc(Br)c(OCC)c(OCC)c2)s1.CCOc1cc(C=C2SC(=S)N(Cc3ccccc3)C2=O)ccc1O.CCOc1cc(C=C2SC(=S)N(c3ccc(Br)cc3)C2=O)ccc1O.O=C1CC(=O)C(=Cc2ccc(OCCCOc3ccccc3Cl)cc2)S1. The molecule has 3 fully saturated rings. The number of allylic oxidation sites excluding steroid dienone is 1. The zero-order valence-corrected chi connectivity index (χ0v) is 61.5. The summed E-state index contributed by atoms with van der Waals surface area (Å²) in [6, 6.07) is 45.7. The van der Waals surface area contributed by atoms with Crippen LogP contribution in [0.25, 0.3) is 30.9 Å². The lowest BCUT2D eigenvalue weighted by atomic mass is 10.1. The lowest BCUT2D eigenvalue weighted by molar-refractivity contribution is -0.122. The first kappa shape index (κ1) is 74.9. The number of nitrogens with one attached hydrogen (secondary N) is 1. The molecule has 3 N–H and O–H groups in total. The van der Waals surface area contributed by atoms with E-state index in [0.717, 1.165) is 66.4 Å².